The van der Waals surface area contributed by atoms with Crippen LogP contribution < -0.4 is 4.90 Å². The maximum Gasteiger partial charge on any atom is 0.193 e. The molecule has 2 nitrogen and oxygen atoms in total. The second-order valence-corrected chi connectivity index (χ2v) is 5.68. The van der Waals surface area contributed by atoms with Crippen LogP contribution in [0, 0.1) is 0 Å². The first kappa shape index (κ1) is 15.0. The number of ketones is 1. The van der Waals surface area contributed by atoms with E-state index in [0.29, 0.717) is 11.1 Å². The second-order valence-electron chi connectivity index (χ2n) is 5.68. The molecular weight excluding hydrogens is 282 g/mol. The summed E-state index contributed by atoms with van der Waals surface area (Å²) < 4.78 is 0. The standard InChI is InChI=1S/C21H19NO/c1-22(2)20-11-7-6-10-19(20)16-12-14-18(15-13-16)21(23)17-8-4-3-5-9-17/h3-15H,1-2H3. The van der Waals surface area contributed by atoms with Gasteiger partial charge in [-0.05, 0) is 11.6 Å². The lowest BCUT2D eigenvalue weighted by molar-refractivity contribution is 0.103. The van der Waals surface area contributed by atoms with E-state index in [0.717, 1.165) is 16.8 Å². The molecular formula is C21H19NO. The summed E-state index contributed by atoms with van der Waals surface area (Å²) in [5.41, 5.74) is 4.86. The lowest BCUT2D eigenvalue weighted by Crippen LogP contribution is -2.09. The van der Waals surface area contributed by atoms with Crippen LogP contribution in [0.5, 0.6) is 0 Å². The summed E-state index contributed by atoms with van der Waals surface area (Å²) in [6, 6.07) is 25.5. The number of hydrogen-bond donors (Lipinski definition) is 0. The van der Waals surface area contributed by atoms with E-state index >= 15 is 0 Å². The summed E-state index contributed by atoms with van der Waals surface area (Å²) in [6.07, 6.45) is 0. The monoisotopic (exact) mass is 301 g/mol. The Labute approximate surface area is 137 Å². The van der Waals surface area contributed by atoms with E-state index in [1.807, 2.05) is 80.8 Å². The van der Waals surface area contributed by atoms with Crippen molar-refractivity contribution in [3.8, 4) is 11.1 Å². The number of carbonyl (C=O) groups is 1. The van der Waals surface area contributed by atoms with Gasteiger partial charge < -0.3 is 4.90 Å². The van der Waals surface area contributed by atoms with E-state index in [1.165, 1.54) is 0 Å². The molecule has 0 aliphatic rings. The van der Waals surface area contributed by atoms with Gasteiger partial charge in [-0.25, -0.2) is 0 Å². The van der Waals surface area contributed by atoms with Gasteiger partial charge in [-0.15, -0.1) is 0 Å². The number of anilines is 1. The first-order valence-corrected chi connectivity index (χ1v) is 7.63. The predicted molar refractivity (Wildman–Crippen MR) is 96.1 cm³/mol. The minimum atomic E-state index is 0.0537. The molecule has 0 bridgehead atoms. The van der Waals surface area contributed by atoms with Gasteiger partial charge in [-0.1, -0.05) is 72.8 Å². The minimum absolute atomic E-state index is 0.0537. The Kier molecular flexibility index (Phi) is 4.24. The van der Waals surface area contributed by atoms with Crippen LogP contribution in [0.1, 0.15) is 15.9 Å². The molecule has 23 heavy (non-hydrogen) atoms. The van der Waals surface area contributed by atoms with Crippen molar-refractivity contribution in [1.29, 1.82) is 0 Å². The van der Waals surface area contributed by atoms with Crippen molar-refractivity contribution in [2.75, 3.05) is 19.0 Å². The van der Waals surface area contributed by atoms with Gasteiger partial charge in [0.2, 0.25) is 0 Å². The van der Waals surface area contributed by atoms with Crippen molar-refractivity contribution >= 4 is 11.5 Å². The average molecular weight is 301 g/mol. The molecule has 0 atom stereocenters. The SMILES string of the molecule is CN(C)c1ccccc1-c1ccc(C(=O)c2ccccc2)cc1. The van der Waals surface area contributed by atoms with E-state index in [-0.39, 0.29) is 5.78 Å². The van der Waals surface area contributed by atoms with Gasteiger partial charge in [-0.3, -0.25) is 4.79 Å². The van der Waals surface area contributed by atoms with Gasteiger partial charge in [0.25, 0.3) is 0 Å². The first-order chi connectivity index (χ1) is 11.2. The molecule has 0 radical (unpaired) electrons. The predicted octanol–water partition coefficient (Wildman–Crippen LogP) is 4.65. The number of nitrogens with zero attached hydrogens (tertiary/aromatic N) is 1. The average Bonchev–Trinajstić information content (AvgIpc) is 2.62. The molecule has 2 heteroatoms. The lowest BCUT2D eigenvalue weighted by atomic mass is 9.98. The third-order valence-electron chi connectivity index (χ3n) is 3.88. The molecule has 0 heterocycles. The van der Waals surface area contributed by atoms with Gasteiger partial charge in [0.15, 0.2) is 5.78 Å². The summed E-state index contributed by atoms with van der Waals surface area (Å²) in [6.45, 7) is 0. The van der Waals surface area contributed by atoms with Gasteiger partial charge in [0.05, 0.1) is 0 Å². The Balaban J connectivity index is 1.93. The fourth-order valence-electron chi connectivity index (χ4n) is 2.67. The first-order valence-electron chi connectivity index (χ1n) is 7.63. The fourth-order valence-corrected chi connectivity index (χ4v) is 2.67. The van der Waals surface area contributed by atoms with Crippen LogP contribution in [0.15, 0.2) is 78.9 Å². The van der Waals surface area contributed by atoms with E-state index in [4.69, 9.17) is 0 Å². The molecule has 0 saturated carbocycles. The maximum atomic E-state index is 12.5. The molecule has 0 aliphatic heterocycles. The fraction of sp³-hybridized carbons (Fsp3) is 0.0952. The lowest BCUT2D eigenvalue weighted by Gasteiger charge is -2.17. The van der Waals surface area contributed by atoms with E-state index in [1.54, 1.807) is 0 Å². The van der Waals surface area contributed by atoms with Gasteiger partial charge in [0, 0.05) is 36.5 Å². The van der Waals surface area contributed by atoms with Crippen molar-refractivity contribution in [2.45, 2.75) is 0 Å². The molecule has 0 N–H and O–H groups in total. The van der Waals surface area contributed by atoms with Gasteiger partial charge in [0.1, 0.15) is 0 Å². The van der Waals surface area contributed by atoms with E-state index in [9.17, 15) is 4.79 Å². The van der Waals surface area contributed by atoms with Gasteiger partial charge >= 0.3 is 0 Å². The van der Waals surface area contributed by atoms with E-state index in [2.05, 4.69) is 17.0 Å². The number of rotatable bonds is 4. The molecule has 0 saturated heterocycles. The topological polar surface area (TPSA) is 20.3 Å². The highest BCUT2D eigenvalue weighted by molar-refractivity contribution is 6.09. The van der Waals surface area contributed by atoms with E-state index < -0.39 is 0 Å². The molecule has 114 valence electrons. The molecule has 3 rings (SSSR count). The highest BCUT2D eigenvalue weighted by atomic mass is 16.1. The molecule has 3 aromatic rings. The quantitative estimate of drug-likeness (QED) is 0.654. The van der Waals surface area contributed by atoms with Crippen molar-refractivity contribution in [2.24, 2.45) is 0 Å². The van der Waals surface area contributed by atoms with Crippen molar-refractivity contribution in [1.82, 2.24) is 0 Å². The Morgan fingerprint density at radius 3 is 1.91 bits per heavy atom. The smallest absolute Gasteiger partial charge is 0.193 e. The summed E-state index contributed by atoms with van der Waals surface area (Å²) in [4.78, 5) is 14.6. The second kappa shape index (κ2) is 6.49. The van der Waals surface area contributed by atoms with Crippen LogP contribution in [-0.4, -0.2) is 19.9 Å². The zero-order valence-electron chi connectivity index (χ0n) is 13.4. The van der Waals surface area contributed by atoms with Crippen molar-refractivity contribution in [3.63, 3.8) is 0 Å². The summed E-state index contributed by atoms with van der Waals surface area (Å²) in [5, 5.41) is 0. The Morgan fingerprint density at radius 2 is 1.26 bits per heavy atom. The number of para-hydroxylation sites is 1. The molecule has 0 aliphatic carbocycles. The zero-order chi connectivity index (χ0) is 16.2. The molecule has 0 fully saturated rings. The third-order valence-corrected chi connectivity index (χ3v) is 3.88. The Hall–Kier alpha value is -2.87. The minimum Gasteiger partial charge on any atom is -0.377 e. The number of benzene rings is 3. The van der Waals surface area contributed by atoms with Crippen molar-refractivity contribution < 1.29 is 4.79 Å². The van der Waals surface area contributed by atoms with Crippen LogP contribution >= 0.6 is 0 Å². The zero-order valence-corrected chi connectivity index (χ0v) is 13.4. The van der Waals surface area contributed by atoms with Gasteiger partial charge in [-0.2, -0.15) is 0 Å². The molecule has 0 aromatic heterocycles. The molecule has 3 aromatic carbocycles. The highest BCUT2D eigenvalue weighted by Crippen LogP contribution is 2.29. The van der Waals surface area contributed by atoms with Crippen LogP contribution in [0.25, 0.3) is 11.1 Å². The van der Waals surface area contributed by atoms with Crippen LogP contribution in [0.2, 0.25) is 0 Å². The Bertz CT molecular complexity index is 805. The third kappa shape index (κ3) is 3.16. The highest BCUT2D eigenvalue weighted by Gasteiger charge is 2.10. The normalized spacial score (nSPS) is 10.3. The summed E-state index contributed by atoms with van der Waals surface area (Å²) in [5.74, 6) is 0.0537. The van der Waals surface area contributed by atoms with Crippen LogP contribution in [-0.2, 0) is 0 Å². The maximum absolute atomic E-state index is 12.5. The summed E-state index contributed by atoms with van der Waals surface area (Å²) in [7, 11) is 4.07. The molecule has 0 amide bonds. The van der Waals surface area contributed by atoms with Crippen LogP contribution in [0.4, 0.5) is 5.69 Å². The Morgan fingerprint density at radius 1 is 0.696 bits per heavy atom. The number of hydrogen-bond acceptors (Lipinski definition) is 2. The number of carbonyl (C=O) groups excluding carboxylic acids is 1. The largest absolute Gasteiger partial charge is 0.377 e. The summed E-state index contributed by atoms with van der Waals surface area (Å²) >= 11 is 0. The van der Waals surface area contributed by atoms with Crippen molar-refractivity contribution in [3.05, 3.63) is 90.0 Å². The van der Waals surface area contributed by atoms with Crippen LogP contribution in [0.3, 0.4) is 0 Å². The molecule has 0 spiro atoms. The molecule has 0 unspecified atom stereocenters.